The minimum Gasteiger partial charge on any atom is -0.388 e. The standard InChI is InChI=1S/C11H11Cl2N3O/c1-2-16-10(6-17)14-15-11(16)7-3-8(12)5-9(13)4-7/h3-5,17H,2,6H2,1H3. The lowest BCUT2D eigenvalue weighted by atomic mass is 10.2. The van der Waals surface area contributed by atoms with Gasteiger partial charge in [0.25, 0.3) is 0 Å². The summed E-state index contributed by atoms with van der Waals surface area (Å²) in [5.74, 6) is 1.18. The van der Waals surface area contributed by atoms with Gasteiger partial charge in [-0.1, -0.05) is 23.2 Å². The molecule has 1 N–H and O–H groups in total. The van der Waals surface area contributed by atoms with Crippen molar-refractivity contribution in [3.8, 4) is 11.4 Å². The van der Waals surface area contributed by atoms with Gasteiger partial charge in [0.05, 0.1) is 0 Å². The molecule has 2 rings (SSSR count). The maximum absolute atomic E-state index is 9.14. The second kappa shape index (κ2) is 5.04. The lowest BCUT2D eigenvalue weighted by molar-refractivity contribution is 0.265. The van der Waals surface area contributed by atoms with Crippen LogP contribution in [0.1, 0.15) is 12.7 Å². The normalized spacial score (nSPS) is 10.8. The summed E-state index contributed by atoms with van der Waals surface area (Å²) in [7, 11) is 0. The predicted molar refractivity (Wildman–Crippen MR) is 67.1 cm³/mol. The zero-order valence-corrected chi connectivity index (χ0v) is 10.7. The Balaban J connectivity index is 2.55. The van der Waals surface area contributed by atoms with E-state index in [0.717, 1.165) is 5.56 Å². The van der Waals surface area contributed by atoms with Crippen molar-refractivity contribution < 1.29 is 5.11 Å². The van der Waals surface area contributed by atoms with E-state index < -0.39 is 0 Å². The van der Waals surface area contributed by atoms with Gasteiger partial charge in [0.15, 0.2) is 11.6 Å². The lowest BCUT2D eigenvalue weighted by Crippen LogP contribution is -2.03. The van der Waals surface area contributed by atoms with E-state index >= 15 is 0 Å². The van der Waals surface area contributed by atoms with Crippen LogP contribution in [0.5, 0.6) is 0 Å². The molecule has 0 saturated carbocycles. The van der Waals surface area contributed by atoms with Gasteiger partial charge in [0.1, 0.15) is 6.61 Å². The van der Waals surface area contributed by atoms with Crippen molar-refractivity contribution in [3.63, 3.8) is 0 Å². The molecule has 1 aromatic heterocycles. The van der Waals surface area contributed by atoms with Gasteiger partial charge in [-0.25, -0.2) is 0 Å². The number of halogens is 2. The molecule has 2 aromatic rings. The molecule has 0 radical (unpaired) electrons. The van der Waals surface area contributed by atoms with Crippen LogP contribution in [0.4, 0.5) is 0 Å². The number of aromatic nitrogens is 3. The largest absolute Gasteiger partial charge is 0.388 e. The summed E-state index contributed by atoms with van der Waals surface area (Å²) in [6.45, 7) is 2.48. The first-order valence-corrected chi connectivity index (χ1v) is 5.90. The molecular weight excluding hydrogens is 261 g/mol. The molecule has 0 aliphatic carbocycles. The van der Waals surface area contributed by atoms with Crippen LogP contribution in [0.3, 0.4) is 0 Å². The highest BCUT2D eigenvalue weighted by molar-refractivity contribution is 6.35. The summed E-state index contributed by atoms with van der Waals surface area (Å²) in [6, 6.07) is 5.20. The van der Waals surface area contributed by atoms with Gasteiger partial charge >= 0.3 is 0 Å². The van der Waals surface area contributed by atoms with Gasteiger partial charge in [-0.15, -0.1) is 10.2 Å². The van der Waals surface area contributed by atoms with Crippen LogP contribution < -0.4 is 0 Å². The van der Waals surface area contributed by atoms with Crippen LogP contribution in [0.2, 0.25) is 10.0 Å². The molecule has 0 unspecified atom stereocenters. The fourth-order valence-electron chi connectivity index (χ4n) is 1.68. The van der Waals surface area contributed by atoms with Gasteiger partial charge in [-0.05, 0) is 25.1 Å². The Bertz CT molecular complexity index is 519. The molecule has 4 nitrogen and oxygen atoms in total. The Hall–Kier alpha value is -1.10. The molecule has 0 saturated heterocycles. The van der Waals surface area contributed by atoms with Crippen molar-refractivity contribution in [2.75, 3.05) is 0 Å². The molecule has 17 heavy (non-hydrogen) atoms. The fourth-order valence-corrected chi connectivity index (χ4v) is 2.21. The van der Waals surface area contributed by atoms with Gasteiger partial charge in [0.2, 0.25) is 0 Å². The van der Waals surface area contributed by atoms with Gasteiger partial charge in [-0.2, -0.15) is 0 Å². The number of hydrogen-bond donors (Lipinski definition) is 1. The highest BCUT2D eigenvalue weighted by Gasteiger charge is 2.12. The predicted octanol–water partition coefficient (Wildman–Crippen LogP) is 2.76. The first-order valence-electron chi connectivity index (χ1n) is 5.15. The van der Waals surface area contributed by atoms with Crippen LogP contribution >= 0.6 is 23.2 Å². The van der Waals surface area contributed by atoms with E-state index in [1.807, 2.05) is 11.5 Å². The van der Waals surface area contributed by atoms with Crippen LogP contribution in [0, 0.1) is 0 Å². The second-order valence-electron chi connectivity index (χ2n) is 3.50. The third-order valence-corrected chi connectivity index (χ3v) is 2.84. The van der Waals surface area contributed by atoms with Gasteiger partial charge in [0, 0.05) is 22.2 Å². The van der Waals surface area contributed by atoms with Crippen molar-refractivity contribution in [3.05, 3.63) is 34.1 Å². The molecule has 1 aromatic carbocycles. The summed E-state index contributed by atoms with van der Waals surface area (Å²) in [5, 5.41) is 18.2. The summed E-state index contributed by atoms with van der Waals surface area (Å²) in [5.41, 5.74) is 0.788. The fraction of sp³-hybridized carbons (Fsp3) is 0.273. The zero-order chi connectivity index (χ0) is 12.4. The molecule has 0 atom stereocenters. The third-order valence-electron chi connectivity index (χ3n) is 2.41. The first-order chi connectivity index (χ1) is 8.15. The number of aliphatic hydroxyl groups is 1. The molecule has 0 aliphatic rings. The minimum absolute atomic E-state index is 0.144. The summed E-state index contributed by atoms with van der Waals surface area (Å²) in [4.78, 5) is 0. The van der Waals surface area contributed by atoms with E-state index in [0.29, 0.717) is 28.2 Å². The van der Waals surface area contributed by atoms with Gasteiger partial charge < -0.3 is 9.67 Å². The molecule has 0 amide bonds. The molecule has 1 heterocycles. The maximum atomic E-state index is 9.14. The average Bonchev–Trinajstić information content (AvgIpc) is 2.70. The van der Waals surface area contributed by atoms with Crippen molar-refractivity contribution in [1.82, 2.24) is 14.8 Å². The number of hydrogen-bond acceptors (Lipinski definition) is 3. The van der Waals surface area contributed by atoms with Crippen LogP contribution in [0.25, 0.3) is 11.4 Å². The molecule has 6 heteroatoms. The maximum Gasteiger partial charge on any atom is 0.164 e. The van der Waals surface area contributed by atoms with Crippen molar-refractivity contribution >= 4 is 23.2 Å². The highest BCUT2D eigenvalue weighted by Crippen LogP contribution is 2.26. The summed E-state index contributed by atoms with van der Waals surface area (Å²) >= 11 is 11.9. The topological polar surface area (TPSA) is 50.9 Å². The van der Waals surface area contributed by atoms with E-state index in [4.69, 9.17) is 28.3 Å². The highest BCUT2D eigenvalue weighted by atomic mass is 35.5. The van der Waals surface area contributed by atoms with Crippen molar-refractivity contribution in [2.45, 2.75) is 20.1 Å². The van der Waals surface area contributed by atoms with Gasteiger partial charge in [-0.3, -0.25) is 0 Å². The Morgan fingerprint density at radius 1 is 1.18 bits per heavy atom. The molecule has 0 aliphatic heterocycles. The number of aliphatic hydroxyl groups excluding tert-OH is 1. The van der Waals surface area contributed by atoms with E-state index in [1.54, 1.807) is 18.2 Å². The SMILES string of the molecule is CCn1c(CO)nnc1-c1cc(Cl)cc(Cl)c1. The number of benzene rings is 1. The number of nitrogens with zero attached hydrogens (tertiary/aromatic N) is 3. The van der Waals surface area contributed by atoms with E-state index in [2.05, 4.69) is 10.2 Å². The molecular formula is C11H11Cl2N3O. The van der Waals surface area contributed by atoms with E-state index in [-0.39, 0.29) is 6.61 Å². The number of rotatable bonds is 3. The molecule has 0 fully saturated rings. The Morgan fingerprint density at radius 2 is 1.82 bits per heavy atom. The molecule has 0 bridgehead atoms. The second-order valence-corrected chi connectivity index (χ2v) is 4.37. The van der Waals surface area contributed by atoms with E-state index in [9.17, 15) is 0 Å². The Labute approximate surface area is 109 Å². The van der Waals surface area contributed by atoms with Crippen LogP contribution in [-0.4, -0.2) is 19.9 Å². The molecule has 0 spiro atoms. The van der Waals surface area contributed by atoms with Crippen LogP contribution in [0.15, 0.2) is 18.2 Å². The Kier molecular flexibility index (Phi) is 3.66. The lowest BCUT2D eigenvalue weighted by Gasteiger charge is -2.06. The van der Waals surface area contributed by atoms with Crippen LogP contribution in [-0.2, 0) is 13.2 Å². The smallest absolute Gasteiger partial charge is 0.164 e. The average molecular weight is 272 g/mol. The van der Waals surface area contributed by atoms with Crippen molar-refractivity contribution in [1.29, 1.82) is 0 Å². The minimum atomic E-state index is -0.144. The zero-order valence-electron chi connectivity index (χ0n) is 9.19. The summed E-state index contributed by atoms with van der Waals surface area (Å²) in [6.07, 6.45) is 0. The third kappa shape index (κ3) is 2.44. The monoisotopic (exact) mass is 271 g/mol. The Morgan fingerprint density at radius 3 is 2.35 bits per heavy atom. The molecule has 90 valence electrons. The summed E-state index contributed by atoms with van der Waals surface area (Å²) < 4.78 is 1.82. The van der Waals surface area contributed by atoms with E-state index in [1.165, 1.54) is 0 Å². The first kappa shape index (κ1) is 12.4. The van der Waals surface area contributed by atoms with Crippen molar-refractivity contribution in [2.24, 2.45) is 0 Å². The quantitative estimate of drug-likeness (QED) is 0.934.